The molecule has 2 fully saturated rings. The summed E-state index contributed by atoms with van der Waals surface area (Å²) in [6.45, 7) is 4.24. The summed E-state index contributed by atoms with van der Waals surface area (Å²) in [6.07, 6.45) is 1.00. The molecule has 2 unspecified atom stereocenters. The van der Waals surface area contributed by atoms with Gasteiger partial charge in [-0.15, -0.1) is 0 Å². The monoisotopic (exact) mass is 696 g/mol. The van der Waals surface area contributed by atoms with Crippen LogP contribution in [0.25, 0.3) is 0 Å². The minimum Gasteiger partial charge on any atom is -0.369 e. The van der Waals surface area contributed by atoms with E-state index in [0.29, 0.717) is 60.6 Å². The summed E-state index contributed by atoms with van der Waals surface area (Å²) in [7, 11) is 0. The van der Waals surface area contributed by atoms with Crippen LogP contribution in [-0.4, -0.2) is 65.5 Å². The Hall–Kier alpha value is -4.97. The zero-order chi connectivity index (χ0) is 32.7. The van der Waals surface area contributed by atoms with Gasteiger partial charge in [-0.25, -0.2) is 0 Å². The third kappa shape index (κ3) is 6.12. The van der Waals surface area contributed by atoms with E-state index in [9.17, 15) is 24.5 Å². The van der Waals surface area contributed by atoms with E-state index >= 15 is 0 Å². The van der Waals surface area contributed by atoms with Gasteiger partial charge in [0, 0.05) is 91.3 Å². The molecule has 240 valence electrons. The molecule has 47 heavy (non-hydrogen) atoms. The molecule has 3 aliphatic heterocycles. The van der Waals surface area contributed by atoms with E-state index in [-0.39, 0.29) is 34.9 Å². The molecule has 4 heterocycles. The number of nitro groups is 1. The maximum absolute atomic E-state index is 13.8. The van der Waals surface area contributed by atoms with Crippen molar-refractivity contribution in [3.8, 4) is 0 Å². The van der Waals surface area contributed by atoms with Gasteiger partial charge in [-0.1, -0.05) is 18.2 Å². The van der Waals surface area contributed by atoms with Crippen molar-refractivity contribution in [3.63, 3.8) is 0 Å². The molecule has 0 spiro atoms. The number of fused-ring (bicyclic) bond motifs is 4. The lowest BCUT2D eigenvalue weighted by Gasteiger charge is -2.44. The molecule has 2 amide bonds. The third-order valence-corrected chi connectivity index (χ3v) is 10.1. The normalized spacial score (nSPS) is 18.8. The van der Waals surface area contributed by atoms with E-state index in [4.69, 9.17) is 0 Å². The second kappa shape index (κ2) is 12.7. The Labute approximate surface area is 279 Å². The van der Waals surface area contributed by atoms with Crippen LogP contribution in [0.15, 0.2) is 94.2 Å². The maximum atomic E-state index is 13.8. The number of anilines is 3. The molecule has 1 N–H and O–H groups in total. The first-order valence-corrected chi connectivity index (χ1v) is 16.5. The highest BCUT2D eigenvalue weighted by atomic mass is 79.9. The molecule has 7 rings (SSSR count). The van der Waals surface area contributed by atoms with Crippen molar-refractivity contribution in [2.45, 2.75) is 18.9 Å². The number of carbonyl (C=O) groups is 2. The Balaban J connectivity index is 1.13. The van der Waals surface area contributed by atoms with Crippen molar-refractivity contribution in [1.82, 2.24) is 9.47 Å². The number of rotatable bonds is 6. The van der Waals surface area contributed by atoms with Crippen LogP contribution in [0.2, 0.25) is 0 Å². The molecule has 0 aliphatic carbocycles. The molecule has 3 aromatic carbocycles. The number of nitrogens with one attached hydrogen (secondary N) is 1. The Morgan fingerprint density at radius 2 is 1.62 bits per heavy atom. The quantitative estimate of drug-likeness (QED) is 0.213. The van der Waals surface area contributed by atoms with Crippen LogP contribution in [0.5, 0.6) is 0 Å². The third-order valence-electron chi connectivity index (χ3n) is 9.42. The minimum absolute atomic E-state index is 0.0310. The fourth-order valence-electron chi connectivity index (χ4n) is 7.11. The van der Waals surface area contributed by atoms with E-state index in [0.717, 1.165) is 30.0 Å². The molecule has 2 bridgehead atoms. The van der Waals surface area contributed by atoms with Crippen LogP contribution in [0, 0.1) is 16.0 Å². The van der Waals surface area contributed by atoms with Crippen LogP contribution in [-0.2, 0) is 6.54 Å². The van der Waals surface area contributed by atoms with E-state index in [1.165, 1.54) is 12.1 Å². The standard InChI is InChI=1S/C35H33BrN6O5/c36-29-5-2-1-4-28(29)34(44)37-30-19-24(35(45)39-16-14-38(15-17-39)26-9-11-27(12-10-26)42(46)47)8-13-32(30)40-20-23-18-25(22-40)31-6-3-7-33(43)41(31)21-23/h1-13,19,23,25H,14-18,20-22H2,(H,37,44). The largest absolute Gasteiger partial charge is 0.369 e. The van der Waals surface area contributed by atoms with Crippen molar-refractivity contribution >= 4 is 50.5 Å². The van der Waals surface area contributed by atoms with E-state index in [2.05, 4.69) is 31.0 Å². The average Bonchev–Trinajstić information content (AvgIpc) is 3.08. The predicted octanol–water partition coefficient (Wildman–Crippen LogP) is 5.36. The molecule has 4 aromatic rings. The first-order valence-electron chi connectivity index (χ1n) is 15.7. The van der Waals surface area contributed by atoms with E-state index in [1.54, 1.807) is 35.2 Å². The van der Waals surface area contributed by atoms with Crippen LogP contribution >= 0.6 is 15.9 Å². The van der Waals surface area contributed by atoms with Crippen molar-refractivity contribution < 1.29 is 14.5 Å². The summed E-state index contributed by atoms with van der Waals surface area (Å²) in [5.41, 5.74) is 4.36. The Morgan fingerprint density at radius 3 is 2.36 bits per heavy atom. The minimum atomic E-state index is -0.417. The van der Waals surface area contributed by atoms with Gasteiger partial charge in [0.25, 0.3) is 23.1 Å². The number of piperidine rings is 1. The van der Waals surface area contributed by atoms with Crippen molar-refractivity contribution in [2.24, 2.45) is 5.92 Å². The van der Waals surface area contributed by atoms with Crippen LogP contribution < -0.4 is 20.7 Å². The number of benzene rings is 3. The fraction of sp³-hybridized carbons (Fsp3) is 0.286. The van der Waals surface area contributed by atoms with Gasteiger partial charge in [0.1, 0.15) is 0 Å². The van der Waals surface area contributed by atoms with Crippen molar-refractivity contribution in [2.75, 3.05) is 54.4 Å². The Kier molecular flexibility index (Phi) is 8.27. The summed E-state index contributed by atoms with van der Waals surface area (Å²) < 4.78 is 2.57. The van der Waals surface area contributed by atoms with Gasteiger partial charge in [-0.3, -0.25) is 24.5 Å². The van der Waals surface area contributed by atoms with Gasteiger partial charge in [0.2, 0.25) is 0 Å². The van der Waals surface area contributed by atoms with Gasteiger partial charge in [-0.05, 0) is 76.8 Å². The lowest BCUT2D eigenvalue weighted by atomic mass is 9.83. The number of piperazine rings is 1. The first-order chi connectivity index (χ1) is 22.7. The van der Waals surface area contributed by atoms with Gasteiger partial charge < -0.3 is 24.6 Å². The van der Waals surface area contributed by atoms with E-state index < -0.39 is 4.92 Å². The predicted molar refractivity (Wildman–Crippen MR) is 184 cm³/mol. The highest BCUT2D eigenvalue weighted by Gasteiger charge is 2.35. The molecule has 2 saturated heterocycles. The molecule has 12 heteroatoms. The van der Waals surface area contributed by atoms with Crippen molar-refractivity contribution in [3.05, 3.63) is 127 Å². The fourth-order valence-corrected chi connectivity index (χ4v) is 7.57. The number of hydrogen-bond acceptors (Lipinski definition) is 7. The van der Waals surface area contributed by atoms with Crippen LogP contribution in [0.1, 0.15) is 38.7 Å². The number of pyridine rings is 1. The average molecular weight is 698 g/mol. The molecule has 3 aliphatic rings. The van der Waals surface area contributed by atoms with Crippen LogP contribution in [0.4, 0.5) is 22.7 Å². The van der Waals surface area contributed by atoms with Gasteiger partial charge in [0.05, 0.1) is 21.9 Å². The van der Waals surface area contributed by atoms with Crippen molar-refractivity contribution in [1.29, 1.82) is 0 Å². The molecular formula is C35H33BrN6O5. The number of non-ortho nitro benzene ring substituents is 1. The second-order valence-electron chi connectivity index (χ2n) is 12.3. The van der Waals surface area contributed by atoms with Gasteiger partial charge >= 0.3 is 0 Å². The Morgan fingerprint density at radius 1 is 0.851 bits per heavy atom. The number of amides is 2. The highest BCUT2D eigenvalue weighted by molar-refractivity contribution is 9.10. The zero-order valence-electron chi connectivity index (χ0n) is 25.5. The molecule has 2 atom stereocenters. The second-order valence-corrected chi connectivity index (χ2v) is 13.2. The molecule has 0 saturated carbocycles. The first kappa shape index (κ1) is 30.7. The summed E-state index contributed by atoms with van der Waals surface area (Å²) in [4.78, 5) is 56.7. The lowest BCUT2D eigenvalue weighted by molar-refractivity contribution is -0.384. The highest BCUT2D eigenvalue weighted by Crippen LogP contribution is 2.39. The lowest BCUT2D eigenvalue weighted by Crippen LogP contribution is -2.49. The molecule has 11 nitrogen and oxygen atoms in total. The topological polar surface area (TPSA) is 121 Å². The van der Waals surface area contributed by atoms with E-state index in [1.807, 2.05) is 47.0 Å². The maximum Gasteiger partial charge on any atom is 0.269 e. The number of aromatic nitrogens is 1. The summed E-state index contributed by atoms with van der Waals surface area (Å²) in [5.74, 6) is 0.0485. The number of nitrogens with zero attached hydrogens (tertiary/aromatic N) is 5. The Bertz CT molecular complexity index is 1920. The van der Waals surface area contributed by atoms with Gasteiger partial charge in [0.15, 0.2) is 0 Å². The van der Waals surface area contributed by atoms with Crippen LogP contribution in [0.3, 0.4) is 0 Å². The summed E-state index contributed by atoms with van der Waals surface area (Å²) >= 11 is 3.49. The van der Waals surface area contributed by atoms with Gasteiger partial charge in [-0.2, -0.15) is 0 Å². The molecule has 0 radical (unpaired) electrons. The summed E-state index contributed by atoms with van der Waals surface area (Å²) in [6, 6.07) is 24.7. The number of hydrogen-bond donors (Lipinski definition) is 1. The number of carbonyl (C=O) groups excluding carboxylic acids is 2. The number of halogens is 1. The smallest absolute Gasteiger partial charge is 0.269 e. The summed E-state index contributed by atoms with van der Waals surface area (Å²) in [5, 5.41) is 14.1. The SMILES string of the molecule is O=C(Nc1cc(C(=O)N2CCN(c3ccc([N+](=O)[O-])cc3)CC2)ccc1N1CC2CC(C1)c1cccc(=O)n1C2)c1ccccc1Br. The molecular weight excluding hydrogens is 664 g/mol. The molecule has 1 aromatic heterocycles. The zero-order valence-corrected chi connectivity index (χ0v) is 27.1. The number of nitro benzene ring substituents is 1.